The van der Waals surface area contributed by atoms with Crippen LogP contribution in [0.4, 0.5) is 0 Å². The highest BCUT2D eigenvalue weighted by Gasteiger charge is 2.15. The van der Waals surface area contributed by atoms with Crippen molar-refractivity contribution < 1.29 is 0 Å². The zero-order valence-electron chi connectivity index (χ0n) is 12.7. The average molecular weight is 278 g/mol. The monoisotopic (exact) mass is 278 g/mol. The van der Waals surface area contributed by atoms with Crippen molar-refractivity contribution in [2.24, 2.45) is 0 Å². The predicted octanol–water partition coefficient (Wildman–Crippen LogP) is 4.15. The second-order valence-electron chi connectivity index (χ2n) is 5.60. The van der Waals surface area contributed by atoms with Crippen molar-refractivity contribution in [3.8, 4) is 0 Å². The van der Waals surface area contributed by atoms with Crippen molar-refractivity contribution >= 4 is 10.9 Å². The largest absolute Gasteiger partial charge is 0.340 e. The van der Waals surface area contributed by atoms with Gasteiger partial charge in [0.2, 0.25) is 0 Å². The first-order valence-corrected chi connectivity index (χ1v) is 7.56. The van der Waals surface area contributed by atoms with Gasteiger partial charge in [-0.05, 0) is 55.6 Å². The molecule has 21 heavy (non-hydrogen) atoms. The lowest BCUT2D eigenvalue weighted by atomic mass is 10.0. The fourth-order valence-electron chi connectivity index (χ4n) is 2.95. The minimum atomic E-state index is 0.373. The van der Waals surface area contributed by atoms with Gasteiger partial charge in [-0.15, -0.1) is 0 Å². The first-order valence-electron chi connectivity index (χ1n) is 7.56. The molecule has 2 heteroatoms. The van der Waals surface area contributed by atoms with Crippen LogP contribution in [0.15, 0.2) is 60.8 Å². The Balaban J connectivity index is 2.07. The van der Waals surface area contributed by atoms with Crippen LogP contribution in [0.25, 0.3) is 10.9 Å². The topological polar surface area (TPSA) is 17.0 Å². The zero-order chi connectivity index (χ0) is 14.7. The molecule has 0 spiro atoms. The van der Waals surface area contributed by atoms with Gasteiger partial charge in [0.15, 0.2) is 0 Å². The molecule has 3 aromatic rings. The van der Waals surface area contributed by atoms with E-state index < -0.39 is 0 Å². The molecule has 1 N–H and O–H groups in total. The highest BCUT2D eigenvalue weighted by Crippen LogP contribution is 2.28. The highest BCUT2D eigenvalue weighted by atomic mass is 15.0. The molecular weight excluding hydrogens is 256 g/mol. The van der Waals surface area contributed by atoms with Crippen LogP contribution in [0.5, 0.6) is 0 Å². The molecular formula is C19H22N2. The van der Waals surface area contributed by atoms with Gasteiger partial charge >= 0.3 is 0 Å². The Kier molecular flexibility index (Phi) is 4.07. The maximum atomic E-state index is 3.28. The van der Waals surface area contributed by atoms with Crippen LogP contribution >= 0.6 is 0 Å². The average Bonchev–Trinajstić information content (AvgIpc) is 2.92. The van der Waals surface area contributed by atoms with Crippen molar-refractivity contribution in [1.29, 1.82) is 0 Å². The molecule has 0 aliphatic heterocycles. The molecule has 0 saturated heterocycles. The van der Waals surface area contributed by atoms with E-state index in [-0.39, 0.29) is 0 Å². The standard InChI is InChI=1S/C19H22N2/c1-15-8-9-17-11-13-21(19(17)14-15)18(10-12-20-2)16-6-4-3-5-7-16/h3-9,11,13-14,18,20H,10,12H2,1-2H3. The quantitative estimate of drug-likeness (QED) is 0.742. The Morgan fingerprint density at radius 2 is 1.86 bits per heavy atom. The van der Waals surface area contributed by atoms with Gasteiger partial charge < -0.3 is 9.88 Å². The predicted molar refractivity (Wildman–Crippen MR) is 89.8 cm³/mol. The lowest BCUT2D eigenvalue weighted by molar-refractivity contribution is 0.539. The molecule has 3 rings (SSSR count). The Morgan fingerprint density at radius 1 is 1.05 bits per heavy atom. The molecule has 2 nitrogen and oxygen atoms in total. The van der Waals surface area contributed by atoms with Crippen LogP contribution in [0, 0.1) is 6.92 Å². The van der Waals surface area contributed by atoms with Crippen LogP contribution < -0.4 is 5.32 Å². The number of rotatable bonds is 5. The number of nitrogens with one attached hydrogen (secondary N) is 1. The maximum absolute atomic E-state index is 3.28. The second-order valence-corrected chi connectivity index (χ2v) is 5.60. The van der Waals surface area contributed by atoms with Gasteiger partial charge in [-0.25, -0.2) is 0 Å². The van der Waals surface area contributed by atoms with Crippen LogP contribution in [-0.2, 0) is 0 Å². The van der Waals surface area contributed by atoms with E-state index >= 15 is 0 Å². The summed E-state index contributed by atoms with van der Waals surface area (Å²) < 4.78 is 2.41. The molecule has 108 valence electrons. The summed E-state index contributed by atoms with van der Waals surface area (Å²) in [4.78, 5) is 0. The zero-order valence-corrected chi connectivity index (χ0v) is 12.7. The van der Waals surface area contributed by atoms with E-state index in [0.717, 1.165) is 13.0 Å². The first-order chi connectivity index (χ1) is 10.3. The molecule has 1 atom stereocenters. The van der Waals surface area contributed by atoms with Crippen LogP contribution in [-0.4, -0.2) is 18.2 Å². The molecule has 0 radical (unpaired) electrons. The summed E-state index contributed by atoms with van der Waals surface area (Å²) in [5.74, 6) is 0. The molecule has 0 fully saturated rings. The van der Waals surface area contributed by atoms with Gasteiger partial charge in [0.05, 0.1) is 6.04 Å². The summed E-state index contributed by atoms with van der Waals surface area (Å²) in [6, 6.07) is 20.0. The number of hydrogen-bond donors (Lipinski definition) is 1. The van der Waals surface area contributed by atoms with Crippen molar-refractivity contribution in [2.75, 3.05) is 13.6 Å². The summed E-state index contributed by atoms with van der Waals surface area (Å²) in [6.07, 6.45) is 3.30. The smallest absolute Gasteiger partial charge is 0.0598 e. The minimum Gasteiger partial charge on any atom is -0.340 e. The van der Waals surface area contributed by atoms with Gasteiger partial charge in [-0.2, -0.15) is 0 Å². The van der Waals surface area contributed by atoms with Crippen LogP contribution in [0.2, 0.25) is 0 Å². The van der Waals surface area contributed by atoms with Gasteiger partial charge in [-0.3, -0.25) is 0 Å². The van der Waals surface area contributed by atoms with E-state index in [1.165, 1.54) is 22.0 Å². The van der Waals surface area contributed by atoms with Gasteiger partial charge in [0, 0.05) is 11.7 Å². The Morgan fingerprint density at radius 3 is 2.62 bits per heavy atom. The second kappa shape index (κ2) is 6.15. The summed E-state index contributed by atoms with van der Waals surface area (Å²) in [6.45, 7) is 3.16. The lowest BCUT2D eigenvalue weighted by Crippen LogP contribution is -2.17. The van der Waals surface area contributed by atoms with Gasteiger partial charge in [0.25, 0.3) is 0 Å². The van der Waals surface area contributed by atoms with E-state index in [4.69, 9.17) is 0 Å². The fraction of sp³-hybridized carbons (Fsp3) is 0.263. The summed E-state index contributed by atoms with van der Waals surface area (Å²) in [7, 11) is 2.01. The molecule has 0 amide bonds. The van der Waals surface area contributed by atoms with Crippen LogP contribution in [0.3, 0.4) is 0 Å². The number of aryl methyl sites for hydroxylation is 1. The third-order valence-corrected chi connectivity index (χ3v) is 4.07. The van der Waals surface area contributed by atoms with E-state index in [9.17, 15) is 0 Å². The van der Waals surface area contributed by atoms with E-state index in [1.807, 2.05) is 7.05 Å². The Bertz CT molecular complexity index is 713. The third-order valence-electron chi connectivity index (χ3n) is 4.07. The number of fused-ring (bicyclic) bond motifs is 1. The van der Waals surface area contributed by atoms with Crippen molar-refractivity contribution in [3.05, 3.63) is 71.9 Å². The molecule has 0 aliphatic rings. The van der Waals surface area contributed by atoms with E-state index in [1.54, 1.807) is 0 Å². The first kappa shape index (κ1) is 13.9. The lowest BCUT2D eigenvalue weighted by Gasteiger charge is -2.21. The van der Waals surface area contributed by atoms with E-state index in [0.29, 0.717) is 6.04 Å². The number of hydrogen-bond acceptors (Lipinski definition) is 1. The van der Waals surface area contributed by atoms with E-state index in [2.05, 4.69) is 77.6 Å². The molecule has 1 aromatic heterocycles. The SMILES string of the molecule is CNCCC(c1ccccc1)n1ccc2ccc(C)cc21. The molecule has 1 heterocycles. The van der Waals surface area contributed by atoms with Crippen molar-refractivity contribution in [1.82, 2.24) is 9.88 Å². The van der Waals surface area contributed by atoms with Crippen molar-refractivity contribution in [2.45, 2.75) is 19.4 Å². The van der Waals surface area contributed by atoms with Crippen molar-refractivity contribution in [3.63, 3.8) is 0 Å². The Hall–Kier alpha value is -2.06. The summed E-state index contributed by atoms with van der Waals surface area (Å²) >= 11 is 0. The molecule has 2 aromatic carbocycles. The summed E-state index contributed by atoms with van der Waals surface area (Å²) in [5, 5.41) is 4.59. The normalized spacial score (nSPS) is 12.7. The number of nitrogens with zero attached hydrogens (tertiary/aromatic N) is 1. The molecule has 0 bridgehead atoms. The molecule has 0 aliphatic carbocycles. The Labute approximate surface area is 126 Å². The number of benzene rings is 2. The fourth-order valence-corrected chi connectivity index (χ4v) is 2.95. The summed E-state index contributed by atoms with van der Waals surface area (Å²) in [5.41, 5.74) is 3.99. The molecule has 0 saturated carbocycles. The van der Waals surface area contributed by atoms with Crippen LogP contribution in [0.1, 0.15) is 23.6 Å². The molecule has 1 unspecified atom stereocenters. The maximum Gasteiger partial charge on any atom is 0.0598 e. The van der Waals surface area contributed by atoms with Gasteiger partial charge in [-0.1, -0.05) is 42.5 Å². The highest BCUT2D eigenvalue weighted by molar-refractivity contribution is 5.81. The van der Waals surface area contributed by atoms with Gasteiger partial charge in [0.1, 0.15) is 0 Å². The minimum absolute atomic E-state index is 0.373. The number of aromatic nitrogens is 1. The third kappa shape index (κ3) is 2.86.